The van der Waals surface area contributed by atoms with Crippen LogP contribution in [0.4, 0.5) is 0 Å². The minimum absolute atomic E-state index is 0.571. The van der Waals surface area contributed by atoms with E-state index in [0.717, 1.165) is 24.6 Å². The Morgan fingerprint density at radius 2 is 1.84 bits per heavy atom. The smallest absolute Gasteiger partial charge is 0.0596 e. The zero-order valence-corrected chi connectivity index (χ0v) is 13.4. The van der Waals surface area contributed by atoms with Gasteiger partial charge in [0.1, 0.15) is 0 Å². The number of rotatable bonds is 9. The number of aryl methyl sites for hydroxylation is 2. The Morgan fingerprint density at radius 3 is 2.32 bits per heavy atom. The average Bonchev–Trinajstić information content (AvgIpc) is 2.76. The van der Waals surface area contributed by atoms with Crippen LogP contribution in [0.2, 0.25) is 0 Å². The predicted octanol–water partition coefficient (Wildman–Crippen LogP) is 3.56. The fourth-order valence-electron chi connectivity index (χ4n) is 3.06. The van der Waals surface area contributed by atoms with Crippen LogP contribution in [-0.4, -0.2) is 22.9 Å². The minimum Gasteiger partial charge on any atom is -0.316 e. The van der Waals surface area contributed by atoms with Crippen molar-refractivity contribution >= 4 is 0 Å². The first-order chi connectivity index (χ1) is 9.15. The molecule has 1 heterocycles. The van der Waals surface area contributed by atoms with Gasteiger partial charge in [-0.25, -0.2) is 0 Å². The van der Waals surface area contributed by atoms with E-state index in [0.29, 0.717) is 6.04 Å². The maximum absolute atomic E-state index is 4.56. The quantitative estimate of drug-likeness (QED) is 0.740. The molecule has 19 heavy (non-hydrogen) atoms. The van der Waals surface area contributed by atoms with E-state index in [1.165, 1.54) is 31.4 Å². The normalized spacial score (nSPS) is 13.2. The van der Waals surface area contributed by atoms with Gasteiger partial charge in [0.05, 0.1) is 5.69 Å². The molecule has 1 N–H and O–H groups in total. The molecule has 0 bridgehead atoms. The molecule has 1 aromatic heterocycles. The van der Waals surface area contributed by atoms with Crippen molar-refractivity contribution in [2.45, 2.75) is 72.4 Å². The molecule has 110 valence electrons. The van der Waals surface area contributed by atoms with E-state index in [9.17, 15) is 0 Å². The van der Waals surface area contributed by atoms with Crippen LogP contribution in [0, 0.1) is 12.8 Å². The number of hydrogen-bond acceptors (Lipinski definition) is 2. The molecule has 0 aliphatic rings. The minimum atomic E-state index is 0.571. The van der Waals surface area contributed by atoms with E-state index in [1.54, 1.807) is 0 Å². The van der Waals surface area contributed by atoms with Crippen LogP contribution in [-0.2, 0) is 13.0 Å². The molecule has 0 aliphatic heterocycles. The topological polar surface area (TPSA) is 29.9 Å². The lowest BCUT2D eigenvalue weighted by molar-refractivity contribution is 0.318. The Hall–Kier alpha value is -0.830. The molecule has 0 amide bonds. The molecular weight excluding hydrogens is 234 g/mol. The predicted molar refractivity (Wildman–Crippen MR) is 82.5 cm³/mol. The summed E-state index contributed by atoms with van der Waals surface area (Å²) in [5, 5.41) is 8.10. The number of nitrogens with zero attached hydrogens (tertiary/aromatic N) is 2. The van der Waals surface area contributed by atoms with E-state index < -0.39 is 0 Å². The molecule has 3 nitrogen and oxygen atoms in total. The maximum atomic E-state index is 4.56. The van der Waals surface area contributed by atoms with Crippen molar-refractivity contribution in [3.8, 4) is 0 Å². The van der Waals surface area contributed by atoms with Gasteiger partial charge in [-0.15, -0.1) is 0 Å². The second-order valence-corrected chi connectivity index (χ2v) is 5.53. The molecule has 0 fully saturated rings. The molecule has 1 rings (SSSR count). The van der Waals surface area contributed by atoms with Gasteiger partial charge >= 0.3 is 0 Å². The first-order valence-corrected chi connectivity index (χ1v) is 7.86. The van der Waals surface area contributed by atoms with Crippen molar-refractivity contribution in [1.29, 1.82) is 0 Å². The highest BCUT2D eigenvalue weighted by molar-refractivity contribution is 5.10. The summed E-state index contributed by atoms with van der Waals surface area (Å²) in [7, 11) is 2.10. The third kappa shape index (κ3) is 4.64. The van der Waals surface area contributed by atoms with Crippen LogP contribution in [0.5, 0.6) is 0 Å². The molecular formula is C16H31N3. The molecule has 0 saturated heterocycles. The van der Waals surface area contributed by atoms with Gasteiger partial charge in [-0.1, -0.05) is 26.7 Å². The number of nitrogens with one attached hydrogen (secondary N) is 1. The Kier molecular flexibility index (Phi) is 7.14. The van der Waals surface area contributed by atoms with Crippen LogP contribution in [0.25, 0.3) is 0 Å². The summed E-state index contributed by atoms with van der Waals surface area (Å²) < 4.78 is 2.15. The number of likely N-dealkylation sites (N-methyl/N-ethyl adjacent to an activating group) is 1. The highest BCUT2D eigenvalue weighted by atomic mass is 15.3. The number of aromatic nitrogens is 2. The van der Waals surface area contributed by atoms with Gasteiger partial charge in [-0.2, -0.15) is 5.10 Å². The Labute approximate surface area is 118 Å². The first kappa shape index (κ1) is 16.2. The molecule has 1 atom stereocenters. The maximum Gasteiger partial charge on any atom is 0.0596 e. The van der Waals surface area contributed by atoms with Gasteiger partial charge in [0.2, 0.25) is 0 Å². The highest BCUT2D eigenvalue weighted by Crippen LogP contribution is 2.21. The van der Waals surface area contributed by atoms with Crippen molar-refractivity contribution in [2.24, 2.45) is 5.92 Å². The molecule has 0 saturated carbocycles. The first-order valence-electron chi connectivity index (χ1n) is 7.86. The summed E-state index contributed by atoms with van der Waals surface area (Å²) in [6, 6.07) is 2.81. The average molecular weight is 265 g/mol. The molecule has 1 aromatic rings. The third-order valence-corrected chi connectivity index (χ3v) is 3.97. The summed E-state index contributed by atoms with van der Waals surface area (Å²) in [6.07, 6.45) is 6.27. The molecule has 0 spiro atoms. The van der Waals surface area contributed by atoms with Gasteiger partial charge < -0.3 is 5.32 Å². The molecule has 3 heteroatoms. The van der Waals surface area contributed by atoms with Crippen LogP contribution < -0.4 is 5.32 Å². The second-order valence-electron chi connectivity index (χ2n) is 5.53. The molecule has 0 aromatic carbocycles. The van der Waals surface area contributed by atoms with Crippen LogP contribution in [0.1, 0.15) is 57.8 Å². The Morgan fingerprint density at radius 1 is 1.21 bits per heavy atom. The molecule has 1 unspecified atom stereocenters. The zero-order valence-electron chi connectivity index (χ0n) is 13.4. The van der Waals surface area contributed by atoms with E-state index in [1.807, 2.05) is 0 Å². The van der Waals surface area contributed by atoms with Crippen molar-refractivity contribution in [3.05, 3.63) is 17.5 Å². The molecule has 0 radical (unpaired) electrons. The summed E-state index contributed by atoms with van der Waals surface area (Å²) >= 11 is 0. The van der Waals surface area contributed by atoms with Crippen molar-refractivity contribution in [3.63, 3.8) is 0 Å². The lowest BCUT2D eigenvalue weighted by atomic mass is 9.88. The van der Waals surface area contributed by atoms with Crippen molar-refractivity contribution < 1.29 is 0 Å². The van der Waals surface area contributed by atoms with Crippen molar-refractivity contribution in [1.82, 2.24) is 15.1 Å². The fourth-order valence-corrected chi connectivity index (χ4v) is 3.06. The summed E-state index contributed by atoms with van der Waals surface area (Å²) in [4.78, 5) is 0. The SMILES string of the molecule is CCCC(CCC)C(Cc1cc(C)nn1CC)NC. The summed E-state index contributed by atoms with van der Waals surface area (Å²) in [5.74, 6) is 0.778. The Balaban J connectivity index is 2.78. The van der Waals surface area contributed by atoms with Crippen LogP contribution in [0.3, 0.4) is 0 Å². The van der Waals surface area contributed by atoms with E-state index >= 15 is 0 Å². The van der Waals surface area contributed by atoms with Crippen LogP contribution in [0.15, 0.2) is 6.07 Å². The summed E-state index contributed by atoms with van der Waals surface area (Å²) in [5.41, 5.74) is 2.51. The number of hydrogen-bond donors (Lipinski definition) is 1. The lowest BCUT2D eigenvalue weighted by Crippen LogP contribution is -2.36. The second kappa shape index (κ2) is 8.36. The van der Waals surface area contributed by atoms with Gasteiger partial charge in [0.15, 0.2) is 0 Å². The largest absolute Gasteiger partial charge is 0.316 e. The standard InChI is InChI=1S/C16H31N3/c1-6-9-14(10-7-2)16(17-5)12-15-11-13(4)18-19(15)8-3/h11,14,16-17H,6-10,12H2,1-5H3. The Bertz CT molecular complexity index is 351. The zero-order chi connectivity index (χ0) is 14.3. The van der Waals surface area contributed by atoms with E-state index in [4.69, 9.17) is 0 Å². The van der Waals surface area contributed by atoms with Gasteiger partial charge in [0.25, 0.3) is 0 Å². The van der Waals surface area contributed by atoms with E-state index in [-0.39, 0.29) is 0 Å². The molecule has 0 aliphatic carbocycles. The van der Waals surface area contributed by atoms with Gasteiger partial charge in [-0.3, -0.25) is 4.68 Å². The third-order valence-electron chi connectivity index (χ3n) is 3.97. The van der Waals surface area contributed by atoms with E-state index in [2.05, 4.69) is 55.9 Å². The monoisotopic (exact) mass is 265 g/mol. The van der Waals surface area contributed by atoms with Gasteiger partial charge in [-0.05, 0) is 45.7 Å². The fraction of sp³-hybridized carbons (Fsp3) is 0.812. The highest BCUT2D eigenvalue weighted by Gasteiger charge is 2.20. The van der Waals surface area contributed by atoms with Crippen molar-refractivity contribution in [2.75, 3.05) is 7.05 Å². The summed E-state index contributed by atoms with van der Waals surface area (Å²) in [6.45, 7) is 9.79. The van der Waals surface area contributed by atoms with Gasteiger partial charge in [0, 0.05) is 24.7 Å². The lowest BCUT2D eigenvalue weighted by Gasteiger charge is -2.26. The van der Waals surface area contributed by atoms with Crippen LogP contribution >= 0.6 is 0 Å².